The van der Waals surface area contributed by atoms with Gasteiger partial charge in [0.05, 0.1) is 50.2 Å². The third-order valence-corrected chi connectivity index (χ3v) is 6.31. The summed E-state index contributed by atoms with van der Waals surface area (Å²) in [7, 11) is 4.68. The lowest BCUT2D eigenvalue weighted by atomic mass is 10.2. The Labute approximate surface area is 206 Å². The predicted octanol–water partition coefficient (Wildman–Crippen LogP) is 4.20. The molecular formula is C26H25N3O5S. The van der Waals surface area contributed by atoms with Gasteiger partial charge in [0.15, 0.2) is 16.7 Å². The largest absolute Gasteiger partial charge is 0.495 e. The second-order valence-electron chi connectivity index (χ2n) is 7.53. The smallest absolute Gasteiger partial charge is 0.262 e. The van der Waals surface area contributed by atoms with Crippen molar-refractivity contribution >= 4 is 34.3 Å². The van der Waals surface area contributed by atoms with Gasteiger partial charge in [-0.15, -0.1) is 0 Å². The standard InChI is InChI=1S/C26H25N3O5S/c1-32-21-11-7-6-10-20(21)27-24(30)16-35-26-28-19-9-5-4-8-18(19)25(31)29(26)15-17-12-13-22(33-2)23(14-17)34-3/h4-14H,15-16H2,1-3H3,(H,27,30). The lowest BCUT2D eigenvalue weighted by Gasteiger charge is -2.15. The Morgan fingerprint density at radius 2 is 1.63 bits per heavy atom. The Balaban J connectivity index is 1.63. The predicted molar refractivity (Wildman–Crippen MR) is 137 cm³/mol. The van der Waals surface area contributed by atoms with E-state index in [2.05, 4.69) is 10.3 Å². The van der Waals surface area contributed by atoms with E-state index in [1.807, 2.05) is 30.3 Å². The van der Waals surface area contributed by atoms with Crippen LogP contribution in [0.15, 0.2) is 76.7 Å². The number of benzene rings is 3. The highest BCUT2D eigenvalue weighted by Gasteiger charge is 2.15. The van der Waals surface area contributed by atoms with Crippen LogP contribution >= 0.6 is 11.8 Å². The number of rotatable bonds is 9. The molecule has 0 aliphatic carbocycles. The molecule has 0 atom stereocenters. The summed E-state index contributed by atoms with van der Waals surface area (Å²) < 4.78 is 17.6. The quantitative estimate of drug-likeness (QED) is 0.277. The van der Waals surface area contributed by atoms with Crippen molar-refractivity contribution < 1.29 is 19.0 Å². The van der Waals surface area contributed by atoms with Crippen molar-refractivity contribution in [1.29, 1.82) is 0 Å². The molecule has 0 aliphatic rings. The van der Waals surface area contributed by atoms with Crippen molar-refractivity contribution in [2.75, 3.05) is 32.4 Å². The van der Waals surface area contributed by atoms with E-state index in [9.17, 15) is 9.59 Å². The highest BCUT2D eigenvalue weighted by Crippen LogP contribution is 2.29. The Hall–Kier alpha value is -3.98. The maximum absolute atomic E-state index is 13.4. The van der Waals surface area contributed by atoms with E-state index < -0.39 is 0 Å². The lowest BCUT2D eigenvalue weighted by molar-refractivity contribution is -0.113. The van der Waals surface area contributed by atoms with Crippen LogP contribution in [0.25, 0.3) is 10.9 Å². The molecule has 0 unspecified atom stereocenters. The average molecular weight is 492 g/mol. The summed E-state index contributed by atoms with van der Waals surface area (Å²) in [5.74, 6) is 1.56. The molecule has 0 bridgehead atoms. The minimum atomic E-state index is -0.237. The minimum absolute atomic E-state index is 0.0642. The molecule has 0 fully saturated rings. The summed E-state index contributed by atoms with van der Waals surface area (Å²) in [5, 5.41) is 3.80. The third-order valence-electron chi connectivity index (χ3n) is 5.33. The number of aromatic nitrogens is 2. The Bertz CT molecular complexity index is 1420. The van der Waals surface area contributed by atoms with Gasteiger partial charge in [-0.3, -0.25) is 14.2 Å². The first-order valence-corrected chi connectivity index (χ1v) is 11.8. The maximum Gasteiger partial charge on any atom is 0.262 e. The molecular weight excluding hydrogens is 466 g/mol. The average Bonchev–Trinajstić information content (AvgIpc) is 2.89. The second-order valence-corrected chi connectivity index (χ2v) is 8.47. The van der Waals surface area contributed by atoms with Gasteiger partial charge in [0, 0.05) is 0 Å². The van der Waals surface area contributed by atoms with Crippen molar-refractivity contribution in [1.82, 2.24) is 9.55 Å². The van der Waals surface area contributed by atoms with Gasteiger partial charge in [0.1, 0.15) is 5.75 Å². The summed E-state index contributed by atoms with van der Waals surface area (Å²) in [6.45, 7) is 0.257. The zero-order chi connectivity index (χ0) is 24.8. The molecule has 1 aromatic heterocycles. The fourth-order valence-electron chi connectivity index (χ4n) is 3.62. The Kier molecular flexibility index (Phi) is 7.57. The number of hydrogen-bond donors (Lipinski definition) is 1. The number of fused-ring (bicyclic) bond motifs is 1. The molecule has 1 amide bonds. The summed E-state index contributed by atoms with van der Waals surface area (Å²) in [5.41, 5.74) is 1.81. The van der Waals surface area contributed by atoms with Gasteiger partial charge < -0.3 is 19.5 Å². The highest BCUT2D eigenvalue weighted by atomic mass is 32.2. The number of nitrogens with one attached hydrogen (secondary N) is 1. The van der Waals surface area contributed by atoms with E-state index in [0.29, 0.717) is 39.0 Å². The van der Waals surface area contributed by atoms with Crippen molar-refractivity contribution in [2.24, 2.45) is 0 Å². The fraction of sp³-hybridized carbons (Fsp3) is 0.192. The van der Waals surface area contributed by atoms with Gasteiger partial charge in [0.2, 0.25) is 5.91 Å². The van der Waals surface area contributed by atoms with Crippen LogP contribution in [0.2, 0.25) is 0 Å². The zero-order valence-corrected chi connectivity index (χ0v) is 20.4. The van der Waals surface area contributed by atoms with E-state index in [4.69, 9.17) is 14.2 Å². The number of hydrogen-bond acceptors (Lipinski definition) is 7. The van der Waals surface area contributed by atoms with E-state index >= 15 is 0 Å². The van der Waals surface area contributed by atoms with Crippen LogP contribution in [0.4, 0.5) is 5.69 Å². The summed E-state index contributed by atoms with van der Waals surface area (Å²) in [6, 6.07) is 19.8. The van der Waals surface area contributed by atoms with Crippen LogP contribution in [-0.4, -0.2) is 42.5 Å². The minimum Gasteiger partial charge on any atom is -0.495 e. The van der Waals surface area contributed by atoms with Gasteiger partial charge in [-0.25, -0.2) is 4.98 Å². The number of carbonyl (C=O) groups excluding carboxylic acids is 1. The van der Waals surface area contributed by atoms with Crippen LogP contribution in [0, 0.1) is 0 Å². The van der Waals surface area contributed by atoms with E-state index in [1.54, 1.807) is 62.3 Å². The molecule has 0 saturated carbocycles. The molecule has 180 valence electrons. The van der Waals surface area contributed by atoms with Crippen LogP contribution in [-0.2, 0) is 11.3 Å². The maximum atomic E-state index is 13.4. The SMILES string of the molecule is COc1ccccc1NC(=O)CSc1nc2ccccc2c(=O)n1Cc1ccc(OC)c(OC)c1. The Morgan fingerprint density at radius 1 is 0.914 bits per heavy atom. The first-order chi connectivity index (χ1) is 17.0. The van der Waals surface area contributed by atoms with Gasteiger partial charge in [-0.05, 0) is 42.0 Å². The van der Waals surface area contributed by atoms with Crippen LogP contribution in [0.5, 0.6) is 17.2 Å². The lowest BCUT2D eigenvalue weighted by Crippen LogP contribution is -2.25. The van der Waals surface area contributed by atoms with E-state index in [-0.39, 0.29) is 23.8 Å². The van der Waals surface area contributed by atoms with Crippen molar-refractivity contribution in [3.05, 3.63) is 82.6 Å². The molecule has 9 heteroatoms. The van der Waals surface area contributed by atoms with Gasteiger partial charge in [-0.1, -0.05) is 42.1 Å². The molecule has 1 heterocycles. The molecule has 0 spiro atoms. The summed E-state index contributed by atoms with van der Waals surface area (Å²) in [4.78, 5) is 30.8. The monoisotopic (exact) mass is 491 g/mol. The molecule has 0 saturated heterocycles. The molecule has 0 aliphatic heterocycles. The van der Waals surface area contributed by atoms with Gasteiger partial charge >= 0.3 is 0 Å². The number of carbonyl (C=O) groups is 1. The van der Waals surface area contributed by atoms with Gasteiger partial charge in [-0.2, -0.15) is 0 Å². The number of thioether (sulfide) groups is 1. The number of nitrogens with zero attached hydrogens (tertiary/aromatic N) is 2. The fourth-order valence-corrected chi connectivity index (χ4v) is 4.42. The summed E-state index contributed by atoms with van der Waals surface area (Å²) in [6.07, 6.45) is 0. The number of methoxy groups -OCH3 is 3. The number of para-hydroxylation sites is 3. The highest BCUT2D eigenvalue weighted by molar-refractivity contribution is 7.99. The zero-order valence-electron chi connectivity index (χ0n) is 19.6. The number of anilines is 1. The molecule has 4 aromatic rings. The second kappa shape index (κ2) is 11.0. The van der Waals surface area contributed by atoms with Crippen LogP contribution < -0.4 is 25.1 Å². The van der Waals surface area contributed by atoms with Crippen molar-refractivity contribution in [3.63, 3.8) is 0 Å². The number of ether oxygens (including phenoxy) is 3. The van der Waals surface area contributed by atoms with Crippen molar-refractivity contribution in [2.45, 2.75) is 11.7 Å². The molecule has 0 radical (unpaired) electrons. The molecule has 1 N–H and O–H groups in total. The number of amides is 1. The summed E-state index contributed by atoms with van der Waals surface area (Å²) >= 11 is 1.20. The molecule has 4 rings (SSSR count). The van der Waals surface area contributed by atoms with Crippen LogP contribution in [0.3, 0.4) is 0 Å². The first kappa shape index (κ1) is 24.2. The normalized spacial score (nSPS) is 10.7. The molecule has 35 heavy (non-hydrogen) atoms. The third kappa shape index (κ3) is 5.41. The van der Waals surface area contributed by atoms with Gasteiger partial charge in [0.25, 0.3) is 5.56 Å². The van der Waals surface area contributed by atoms with Crippen molar-refractivity contribution in [3.8, 4) is 17.2 Å². The Morgan fingerprint density at radius 3 is 2.40 bits per heavy atom. The topological polar surface area (TPSA) is 91.7 Å². The molecule has 8 nitrogen and oxygen atoms in total. The van der Waals surface area contributed by atoms with E-state index in [0.717, 1.165) is 5.56 Å². The molecule has 3 aromatic carbocycles. The van der Waals surface area contributed by atoms with Crippen LogP contribution in [0.1, 0.15) is 5.56 Å². The first-order valence-electron chi connectivity index (χ1n) is 10.8. The van der Waals surface area contributed by atoms with E-state index in [1.165, 1.54) is 11.8 Å².